The fraction of sp³-hybridized carbons (Fsp3) is 0.931. The van der Waals surface area contributed by atoms with Gasteiger partial charge in [0.05, 0.1) is 6.10 Å². The molecule has 0 radical (unpaired) electrons. The van der Waals surface area contributed by atoms with E-state index < -0.39 is 0 Å². The second-order valence-corrected chi connectivity index (χ2v) is 13.1. The molecule has 0 saturated heterocycles. The van der Waals surface area contributed by atoms with Crippen LogP contribution in [-0.2, 0) is 0 Å². The summed E-state index contributed by atoms with van der Waals surface area (Å²) >= 11 is 0. The van der Waals surface area contributed by atoms with Gasteiger partial charge in [0, 0.05) is 0 Å². The first-order chi connectivity index (χ1) is 14.1. The van der Waals surface area contributed by atoms with Crippen molar-refractivity contribution in [2.24, 2.45) is 58.2 Å². The Morgan fingerprint density at radius 3 is 2.40 bits per heavy atom. The maximum absolute atomic E-state index is 10.5. The first-order valence-electron chi connectivity index (χ1n) is 13.5. The molecule has 0 spiro atoms. The van der Waals surface area contributed by atoms with E-state index in [-0.39, 0.29) is 6.10 Å². The summed E-state index contributed by atoms with van der Waals surface area (Å²) in [5.74, 6) is 6.30. The number of allylic oxidation sites excluding steroid dienone is 2. The molecule has 10 atom stereocenters. The molecule has 4 aliphatic rings. The number of aliphatic hydroxyl groups is 1. The summed E-state index contributed by atoms with van der Waals surface area (Å²) in [6.45, 7) is 17.4. The topological polar surface area (TPSA) is 20.2 Å². The molecule has 0 aromatic rings. The molecule has 1 heteroatoms. The average Bonchev–Trinajstić information content (AvgIpc) is 3.06. The van der Waals surface area contributed by atoms with Crippen molar-refractivity contribution in [1.82, 2.24) is 0 Å². The maximum Gasteiger partial charge on any atom is 0.0568 e. The minimum absolute atomic E-state index is 0.0577. The zero-order valence-electron chi connectivity index (χ0n) is 21.1. The number of rotatable bonds is 5. The molecule has 0 heterocycles. The molecule has 30 heavy (non-hydrogen) atoms. The molecule has 0 amide bonds. The summed E-state index contributed by atoms with van der Waals surface area (Å²) in [5, 5.41) is 10.5. The standard InChI is InChI=1S/C29H50O/c1-18(2)19(3)8-9-20(4)23-12-13-25-22-10-11-24-21(5)27(30)15-17-29(24,7)26(22)14-16-28(23,25)6/h13,18-24,26-27,30H,8-12,14-17H2,1-7H3/t19-,20-,21+,22+,23-,24+,26-,27+,28-,29+/m1/s1. The Morgan fingerprint density at radius 2 is 1.70 bits per heavy atom. The van der Waals surface area contributed by atoms with Crippen LogP contribution in [0.25, 0.3) is 0 Å². The molecule has 3 saturated carbocycles. The van der Waals surface area contributed by atoms with Crippen LogP contribution in [0, 0.1) is 58.2 Å². The van der Waals surface area contributed by atoms with Crippen molar-refractivity contribution in [3.05, 3.63) is 11.6 Å². The lowest BCUT2D eigenvalue weighted by Gasteiger charge is -2.61. The number of hydrogen-bond acceptors (Lipinski definition) is 1. The zero-order chi connectivity index (χ0) is 21.8. The molecule has 0 aliphatic heterocycles. The predicted octanol–water partition coefficient (Wildman–Crippen LogP) is 7.88. The smallest absolute Gasteiger partial charge is 0.0568 e. The van der Waals surface area contributed by atoms with Crippen LogP contribution in [0.1, 0.15) is 106 Å². The van der Waals surface area contributed by atoms with Gasteiger partial charge < -0.3 is 5.11 Å². The van der Waals surface area contributed by atoms with E-state index >= 15 is 0 Å². The van der Waals surface area contributed by atoms with Crippen LogP contribution in [0.2, 0.25) is 0 Å². The summed E-state index contributed by atoms with van der Waals surface area (Å²) in [5.41, 5.74) is 2.80. The third-order valence-electron chi connectivity index (χ3n) is 11.5. The van der Waals surface area contributed by atoms with Crippen molar-refractivity contribution >= 4 is 0 Å². The van der Waals surface area contributed by atoms with Crippen molar-refractivity contribution in [2.45, 2.75) is 112 Å². The van der Waals surface area contributed by atoms with Crippen LogP contribution in [0.15, 0.2) is 11.6 Å². The first kappa shape index (κ1) is 22.9. The van der Waals surface area contributed by atoms with E-state index in [0.717, 1.165) is 47.8 Å². The van der Waals surface area contributed by atoms with Gasteiger partial charge >= 0.3 is 0 Å². The third-order valence-corrected chi connectivity index (χ3v) is 11.5. The Balaban J connectivity index is 1.49. The maximum atomic E-state index is 10.5. The number of fused-ring (bicyclic) bond motifs is 5. The average molecular weight is 415 g/mol. The minimum atomic E-state index is -0.0577. The lowest BCUT2D eigenvalue weighted by atomic mass is 9.44. The van der Waals surface area contributed by atoms with Crippen LogP contribution in [0.5, 0.6) is 0 Å². The molecule has 4 rings (SSSR count). The molecule has 172 valence electrons. The van der Waals surface area contributed by atoms with Crippen molar-refractivity contribution in [2.75, 3.05) is 0 Å². The van der Waals surface area contributed by atoms with Crippen molar-refractivity contribution < 1.29 is 5.11 Å². The molecule has 1 nitrogen and oxygen atoms in total. The van der Waals surface area contributed by atoms with Crippen LogP contribution in [-0.4, -0.2) is 11.2 Å². The Labute approximate surface area is 187 Å². The van der Waals surface area contributed by atoms with Gasteiger partial charge in [0.1, 0.15) is 0 Å². The highest BCUT2D eigenvalue weighted by atomic mass is 16.3. The molecule has 0 aromatic heterocycles. The summed E-state index contributed by atoms with van der Waals surface area (Å²) in [4.78, 5) is 0. The van der Waals surface area contributed by atoms with E-state index in [1.165, 1.54) is 51.4 Å². The van der Waals surface area contributed by atoms with Gasteiger partial charge in [-0.3, -0.25) is 0 Å². The highest BCUT2D eigenvalue weighted by Gasteiger charge is 2.59. The van der Waals surface area contributed by atoms with Crippen molar-refractivity contribution in [1.29, 1.82) is 0 Å². The van der Waals surface area contributed by atoms with E-state index in [0.29, 0.717) is 16.7 Å². The lowest BCUT2D eigenvalue weighted by Crippen LogP contribution is -2.54. The molecule has 3 fully saturated rings. The van der Waals surface area contributed by atoms with Gasteiger partial charge in [-0.05, 0) is 103 Å². The lowest BCUT2D eigenvalue weighted by molar-refractivity contribution is -0.116. The van der Waals surface area contributed by atoms with Crippen LogP contribution >= 0.6 is 0 Å². The fourth-order valence-corrected chi connectivity index (χ4v) is 8.99. The summed E-state index contributed by atoms with van der Waals surface area (Å²) in [7, 11) is 0. The normalized spacial score (nSPS) is 47.8. The number of aliphatic hydroxyl groups excluding tert-OH is 1. The van der Waals surface area contributed by atoms with Crippen LogP contribution in [0.3, 0.4) is 0 Å². The summed E-state index contributed by atoms with van der Waals surface area (Å²) < 4.78 is 0. The molecule has 1 N–H and O–H groups in total. The monoisotopic (exact) mass is 414 g/mol. The Bertz CT molecular complexity index is 649. The molecule has 0 aromatic carbocycles. The van der Waals surface area contributed by atoms with Crippen molar-refractivity contribution in [3.63, 3.8) is 0 Å². The van der Waals surface area contributed by atoms with Gasteiger partial charge in [0.2, 0.25) is 0 Å². The van der Waals surface area contributed by atoms with Gasteiger partial charge in [-0.1, -0.05) is 73.0 Å². The summed E-state index contributed by atoms with van der Waals surface area (Å²) in [6.07, 6.45) is 14.7. The van der Waals surface area contributed by atoms with Gasteiger partial charge in [0.15, 0.2) is 0 Å². The van der Waals surface area contributed by atoms with E-state index in [2.05, 4.69) is 54.5 Å². The van der Waals surface area contributed by atoms with Crippen LogP contribution < -0.4 is 0 Å². The molecular formula is C29H50O. The SMILES string of the molecule is CC(C)[C@H](C)CC[C@@H](C)[C@H]1CC=C2[C@@H]3CC[C@H]4[C@H](C)[C@@H](O)CC[C@]4(C)[C@@H]3CC[C@@]21C. The largest absolute Gasteiger partial charge is 0.393 e. The highest BCUT2D eigenvalue weighted by molar-refractivity contribution is 5.30. The van der Waals surface area contributed by atoms with E-state index in [4.69, 9.17) is 0 Å². The summed E-state index contributed by atoms with van der Waals surface area (Å²) in [6, 6.07) is 0. The van der Waals surface area contributed by atoms with E-state index in [1.807, 2.05) is 5.57 Å². The Hall–Kier alpha value is -0.300. The second kappa shape index (κ2) is 8.24. The second-order valence-electron chi connectivity index (χ2n) is 13.1. The Morgan fingerprint density at radius 1 is 0.967 bits per heavy atom. The van der Waals surface area contributed by atoms with Gasteiger partial charge in [0.25, 0.3) is 0 Å². The van der Waals surface area contributed by atoms with Gasteiger partial charge in [-0.2, -0.15) is 0 Å². The molecule has 4 aliphatic carbocycles. The van der Waals surface area contributed by atoms with E-state index in [9.17, 15) is 5.11 Å². The Kier molecular flexibility index (Phi) is 6.28. The van der Waals surface area contributed by atoms with Gasteiger partial charge in [-0.15, -0.1) is 0 Å². The zero-order valence-corrected chi connectivity index (χ0v) is 21.1. The van der Waals surface area contributed by atoms with Crippen LogP contribution in [0.4, 0.5) is 0 Å². The third kappa shape index (κ3) is 3.54. The molecule has 0 unspecified atom stereocenters. The highest BCUT2D eigenvalue weighted by Crippen LogP contribution is 2.67. The van der Waals surface area contributed by atoms with Crippen molar-refractivity contribution in [3.8, 4) is 0 Å². The first-order valence-corrected chi connectivity index (χ1v) is 13.5. The predicted molar refractivity (Wildman–Crippen MR) is 128 cm³/mol. The fourth-order valence-electron chi connectivity index (χ4n) is 8.99. The van der Waals surface area contributed by atoms with E-state index in [1.54, 1.807) is 0 Å². The molecule has 0 bridgehead atoms. The minimum Gasteiger partial charge on any atom is -0.393 e. The quantitative estimate of drug-likeness (QED) is 0.454. The molecular weight excluding hydrogens is 364 g/mol. The van der Waals surface area contributed by atoms with Gasteiger partial charge in [-0.25, -0.2) is 0 Å². The number of hydrogen-bond donors (Lipinski definition) is 1.